The number of rotatable bonds is 8. The molecule has 0 aromatic heterocycles. The highest BCUT2D eigenvalue weighted by Gasteiger charge is 2.17. The van der Waals surface area contributed by atoms with Gasteiger partial charge in [0, 0.05) is 38.0 Å². The zero-order valence-corrected chi connectivity index (χ0v) is 12.5. The smallest absolute Gasteiger partial charge is 0.270 e. The van der Waals surface area contributed by atoms with E-state index in [0.29, 0.717) is 19.6 Å². The van der Waals surface area contributed by atoms with Crippen LogP contribution >= 0.6 is 0 Å². The van der Waals surface area contributed by atoms with Crippen molar-refractivity contribution in [2.75, 3.05) is 20.3 Å². The molecule has 0 saturated carbocycles. The average molecular weight is 309 g/mol. The van der Waals surface area contributed by atoms with Crippen LogP contribution in [0.3, 0.4) is 0 Å². The first-order valence-electron chi connectivity index (χ1n) is 6.77. The normalized spacial score (nSPS) is 11.5. The highest BCUT2D eigenvalue weighted by atomic mass is 16.6. The Labute approximate surface area is 128 Å². The van der Waals surface area contributed by atoms with Crippen molar-refractivity contribution in [3.8, 4) is 0 Å². The number of nitrogens with zero attached hydrogens (tertiary/aromatic N) is 1. The van der Waals surface area contributed by atoms with Crippen LogP contribution in [0.4, 0.5) is 5.69 Å². The van der Waals surface area contributed by atoms with E-state index in [-0.39, 0.29) is 17.2 Å². The Bertz CT molecular complexity index is 547. The van der Waals surface area contributed by atoms with E-state index < -0.39 is 16.9 Å². The summed E-state index contributed by atoms with van der Waals surface area (Å²) < 4.78 is 4.86. The molecule has 1 aromatic rings. The van der Waals surface area contributed by atoms with Crippen LogP contribution in [0.15, 0.2) is 24.3 Å². The van der Waals surface area contributed by atoms with E-state index in [0.717, 1.165) is 0 Å². The first-order valence-corrected chi connectivity index (χ1v) is 6.77. The lowest BCUT2D eigenvalue weighted by atomic mass is 10.1. The molecular weight excluding hydrogens is 290 g/mol. The highest BCUT2D eigenvalue weighted by molar-refractivity contribution is 5.97. The van der Waals surface area contributed by atoms with E-state index in [9.17, 15) is 19.7 Å². The molecule has 0 saturated heterocycles. The quantitative estimate of drug-likeness (QED) is 0.420. The van der Waals surface area contributed by atoms with Crippen LogP contribution < -0.4 is 10.6 Å². The van der Waals surface area contributed by atoms with Crippen molar-refractivity contribution >= 4 is 17.5 Å². The molecule has 22 heavy (non-hydrogen) atoms. The minimum atomic E-state index is -0.741. The summed E-state index contributed by atoms with van der Waals surface area (Å²) in [6.07, 6.45) is 0.674. The second kappa shape index (κ2) is 8.73. The Morgan fingerprint density at radius 3 is 2.77 bits per heavy atom. The Balaban J connectivity index is 2.54. The summed E-state index contributed by atoms with van der Waals surface area (Å²) >= 11 is 0. The number of ether oxygens (including phenoxy) is 1. The van der Waals surface area contributed by atoms with Crippen molar-refractivity contribution < 1.29 is 19.2 Å². The number of hydrogen-bond acceptors (Lipinski definition) is 5. The van der Waals surface area contributed by atoms with Crippen LogP contribution in [0.1, 0.15) is 23.7 Å². The van der Waals surface area contributed by atoms with Gasteiger partial charge in [-0.15, -0.1) is 0 Å². The predicted molar refractivity (Wildman–Crippen MR) is 79.5 cm³/mol. The fourth-order valence-corrected chi connectivity index (χ4v) is 1.69. The van der Waals surface area contributed by atoms with Gasteiger partial charge in [0.25, 0.3) is 11.6 Å². The van der Waals surface area contributed by atoms with Gasteiger partial charge in [0.1, 0.15) is 6.04 Å². The van der Waals surface area contributed by atoms with Crippen LogP contribution in [0, 0.1) is 10.1 Å². The number of amides is 2. The molecule has 120 valence electrons. The van der Waals surface area contributed by atoms with Crippen molar-refractivity contribution in [1.29, 1.82) is 0 Å². The zero-order chi connectivity index (χ0) is 16.5. The van der Waals surface area contributed by atoms with E-state index in [2.05, 4.69) is 10.6 Å². The molecule has 0 aliphatic carbocycles. The molecule has 0 aliphatic rings. The maximum absolute atomic E-state index is 12.0. The summed E-state index contributed by atoms with van der Waals surface area (Å²) in [6.45, 7) is 2.53. The van der Waals surface area contributed by atoms with Crippen LogP contribution in [0.25, 0.3) is 0 Å². The van der Waals surface area contributed by atoms with Gasteiger partial charge in [-0.3, -0.25) is 19.7 Å². The summed E-state index contributed by atoms with van der Waals surface area (Å²) in [4.78, 5) is 33.8. The van der Waals surface area contributed by atoms with E-state index >= 15 is 0 Å². The first kappa shape index (κ1) is 17.6. The molecule has 2 amide bonds. The monoisotopic (exact) mass is 309 g/mol. The summed E-state index contributed by atoms with van der Waals surface area (Å²) in [5, 5.41) is 15.8. The third kappa shape index (κ3) is 5.49. The standard InChI is InChI=1S/C14H19N3O5/c1-10(13(18)15-7-4-8-22-2)16-14(19)11-5-3-6-12(9-11)17(20)21/h3,5-6,9-10H,4,7-8H2,1-2H3,(H,15,18)(H,16,19). The number of non-ortho nitro benzene ring substituents is 1. The number of methoxy groups -OCH3 is 1. The molecule has 1 aromatic carbocycles. The summed E-state index contributed by atoms with van der Waals surface area (Å²) in [5.74, 6) is -0.863. The summed E-state index contributed by atoms with van der Waals surface area (Å²) in [7, 11) is 1.57. The maximum Gasteiger partial charge on any atom is 0.270 e. The lowest BCUT2D eigenvalue weighted by Crippen LogP contribution is -2.45. The maximum atomic E-state index is 12.0. The van der Waals surface area contributed by atoms with Crippen LogP contribution in [0.2, 0.25) is 0 Å². The van der Waals surface area contributed by atoms with Gasteiger partial charge in [0.15, 0.2) is 0 Å². The van der Waals surface area contributed by atoms with Crippen LogP contribution in [-0.4, -0.2) is 43.0 Å². The second-order valence-corrected chi connectivity index (χ2v) is 4.64. The van der Waals surface area contributed by atoms with Crippen molar-refractivity contribution in [2.24, 2.45) is 0 Å². The van der Waals surface area contributed by atoms with Gasteiger partial charge in [0.2, 0.25) is 5.91 Å². The van der Waals surface area contributed by atoms with Gasteiger partial charge in [-0.05, 0) is 19.4 Å². The Morgan fingerprint density at radius 2 is 2.14 bits per heavy atom. The molecule has 1 unspecified atom stereocenters. The van der Waals surface area contributed by atoms with Gasteiger partial charge in [-0.25, -0.2) is 0 Å². The highest BCUT2D eigenvalue weighted by Crippen LogP contribution is 2.13. The molecule has 0 aliphatic heterocycles. The first-order chi connectivity index (χ1) is 10.5. The molecule has 1 atom stereocenters. The van der Waals surface area contributed by atoms with Crippen molar-refractivity contribution in [3.63, 3.8) is 0 Å². The van der Waals surface area contributed by atoms with Crippen molar-refractivity contribution in [3.05, 3.63) is 39.9 Å². The molecule has 0 fully saturated rings. The van der Waals surface area contributed by atoms with Gasteiger partial charge in [-0.2, -0.15) is 0 Å². The summed E-state index contributed by atoms with van der Waals surface area (Å²) in [5.41, 5.74) is -0.0439. The molecule has 1 rings (SSSR count). The second-order valence-electron chi connectivity index (χ2n) is 4.64. The molecule has 0 bridgehead atoms. The largest absolute Gasteiger partial charge is 0.385 e. The lowest BCUT2D eigenvalue weighted by molar-refractivity contribution is -0.384. The SMILES string of the molecule is COCCCNC(=O)C(C)NC(=O)c1cccc([N+](=O)[O-])c1. The number of benzene rings is 1. The number of hydrogen-bond donors (Lipinski definition) is 2. The van der Waals surface area contributed by atoms with E-state index in [1.54, 1.807) is 14.0 Å². The van der Waals surface area contributed by atoms with E-state index in [1.807, 2.05) is 0 Å². The molecule has 2 N–H and O–H groups in total. The topological polar surface area (TPSA) is 111 Å². The number of nitro benzene ring substituents is 1. The molecule has 0 radical (unpaired) electrons. The van der Waals surface area contributed by atoms with Gasteiger partial charge in [0.05, 0.1) is 4.92 Å². The molecule has 8 heteroatoms. The van der Waals surface area contributed by atoms with E-state index in [1.165, 1.54) is 24.3 Å². The third-order valence-corrected chi connectivity index (χ3v) is 2.88. The molecule has 8 nitrogen and oxygen atoms in total. The number of carbonyl (C=O) groups is 2. The van der Waals surface area contributed by atoms with Gasteiger partial charge < -0.3 is 15.4 Å². The number of nitro groups is 1. The molecular formula is C14H19N3O5. The van der Waals surface area contributed by atoms with Crippen LogP contribution in [-0.2, 0) is 9.53 Å². The van der Waals surface area contributed by atoms with Crippen molar-refractivity contribution in [1.82, 2.24) is 10.6 Å². The molecule has 0 heterocycles. The minimum Gasteiger partial charge on any atom is -0.385 e. The van der Waals surface area contributed by atoms with Crippen molar-refractivity contribution in [2.45, 2.75) is 19.4 Å². The van der Waals surface area contributed by atoms with Crippen LogP contribution in [0.5, 0.6) is 0 Å². The Kier molecular flexibility index (Phi) is 6.97. The third-order valence-electron chi connectivity index (χ3n) is 2.88. The Hall–Kier alpha value is -2.48. The zero-order valence-electron chi connectivity index (χ0n) is 12.5. The fourth-order valence-electron chi connectivity index (χ4n) is 1.69. The molecule has 0 spiro atoms. The Morgan fingerprint density at radius 1 is 1.41 bits per heavy atom. The summed E-state index contributed by atoms with van der Waals surface area (Å²) in [6, 6.07) is 4.59. The number of carbonyl (C=O) groups excluding carboxylic acids is 2. The fraction of sp³-hybridized carbons (Fsp3) is 0.429. The minimum absolute atomic E-state index is 0.133. The predicted octanol–water partition coefficient (Wildman–Crippen LogP) is 0.866. The number of nitrogens with one attached hydrogen (secondary N) is 2. The van der Waals surface area contributed by atoms with E-state index in [4.69, 9.17) is 4.74 Å². The van der Waals surface area contributed by atoms with Gasteiger partial charge >= 0.3 is 0 Å². The lowest BCUT2D eigenvalue weighted by Gasteiger charge is -2.14. The van der Waals surface area contributed by atoms with Gasteiger partial charge in [-0.1, -0.05) is 6.07 Å². The average Bonchev–Trinajstić information content (AvgIpc) is 2.51.